The Bertz CT molecular complexity index is 1080. The molecule has 0 fully saturated rings. The fraction of sp³-hybridized carbons (Fsp3) is 0.300. The molecule has 0 heterocycles. The molecule has 2 aromatic carbocycles. The number of nitrogens with one attached hydrogen (secondary N) is 1. The third-order valence-electron chi connectivity index (χ3n) is 4.16. The number of rotatable bonds is 7. The molecule has 0 aromatic heterocycles. The third kappa shape index (κ3) is 6.45. The predicted molar refractivity (Wildman–Crippen MR) is 109 cm³/mol. The molecule has 1 N–H and O–H groups in total. The molecule has 2 aromatic rings. The van der Waals surface area contributed by atoms with Crippen LogP contribution in [0, 0.1) is 6.92 Å². The maximum atomic E-state index is 13.0. The Hall–Kier alpha value is -3.08. The third-order valence-corrected chi connectivity index (χ3v) is 5.30. The van der Waals surface area contributed by atoms with Crippen molar-refractivity contribution in [1.29, 1.82) is 0 Å². The van der Waals surface area contributed by atoms with E-state index in [0.717, 1.165) is 18.4 Å². The Morgan fingerprint density at radius 1 is 1.13 bits per heavy atom. The summed E-state index contributed by atoms with van der Waals surface area (Å²) in [5, 5.41) is 2.51. The Kier molecular flexibility index (Phi) is 7.32. The zero-order valence-corrected chi connectivity index (χ0v) is 17.8. The minimum Gasteiger partial charge on any atom is -0.462 e. The standard InChI is InChI=1S/C20H21F3N2O5S/c1-4-30-19(27)14-8-9-17(13(2)10-14)24-18(26)12-25(31(3,28)29)16-7-5-6-15(11-16)20(21,22)23/h5-11H,4,12H2,1-3H3,(H,24,26). The highest BCUT2D eigenvalue weighted by Crippen LogP contribution is 2.32. The van der Waals surface area contributed by atoms with E-state index in [1.165, 1.54) is 24.3 Å². The number of ether oxygens (including phenoxy) is 1. The molecule has 0 saturated heterocycles. The second kappa shape index (κ2) is 9.38. The number of halogens is 3. The summed E-state index contributed by atoms with van der Waals surface area (Å²) in [6, 6.07) is 8.08. The van der Waals surface area contributed by atoms with Crippen molar-refractivity contribution in [3.8, 4) is 0 Å². The Balaban J connectivity index is 2.24. The van der Waals surface area contributed by atoms with Crippen LogP contribution in [-0.2, 0) is 25.7 Å². The summed E-state index contributed by atoms with van der Waals surface area (Å²) in [6.45, 7) is 2.75. The SMILES string of the molecule is CCOC(=O)c1ccc(NC(=O)CN(c2cccc(C(F)(F)F)c2)S(C)(=O)=O)c(C)c1. The van der Waals surface area contributed by atoms with Gasteiger partial charge in [-0.1, -0.05) is 6.07 Å². The Morgan fingerprint density at radius 2 is 1.81 bits per heavy atom. The van der Waals surface area contributed by atoms with Gasteiger partial charge in [0.1, 0.15) is 6.54 Å². The van der Waals surface area contributed by atoms with Crippen molar-refractivity contribution in [2.75, 3.05) is 29.0 Å². The molecule has 1 amide bonds. The first-order valence-electron chi connectivity index (χ1n) is 9.05. The highest BCUT2D eigenvalue weighted by atomic mass is 32.2. The molecule has 0 saturated carbocycles. The molecule has 0 bridgehead atoms. The van der Waals surface area contributed by atoms with Crippen LogP contribution in [0.3, 0.4) is 0 Å². The normalized spacial score (nSPS) is 11.7. The fourth-order valence-corrected chi connectivity index (χ4v) is 3.55. The number of amides is 1. The zero-order valence-electron chi connectivity index (χ0n) is 17.0. The van der Waals surface area contributed by atoms with Crippen molar-refractivity contribution in [3.05, 3.63) is 59.2 Å². The van der Waals surface area contributed by atoms with E-state index in [4.69, 9.17) is 4.74 Å². The van der Waals surface area contributed by atoms with E-state index in [1.807, 2.05) is 0 Å². The molecule has 2 rings (SSSR count). The highest BCUT2D eigenvalue weighted by Gasteiger charge is 2.32. The van der Waals surface area contributed by atoms with Crippen molar-refractivity contribution < 1.29 is 35.9 Å². The van der Waals surface area contributed by atoms with Crippen LogP contribution in [0.2, 0.25) is 0 Å². The lowest BCUT2D eigenvalue weighted by Gasteiger charge is -2.23. The molecule has 168 valence electrons. The Labute approximate surface area is 177 Å². The number of carbonyl (C=O) groups is 2. The minimum atomic E-state index is -4.67. The number of aryl methyl sites for hydroxylation is 1. The maximum absolute atomic E-state index is 13.0. The molecule has 0 aliphatic carbocycles. The van der Waals surface area contributed by atoms with E-state index in [-0.39, 0.29) is 17.9 Å². The van der Waals surface area contributed by atoms with E-state index in [9.17, 15) is 31.2 Å². The van der Waals surface area contributed by atoms with Crippen molar-refractivity contribution in [2.45, 2.75) is 20.0 Å². The van der Waals surface area contributed by atoms with Crippen LogP contribution in [0.25, 0.3) is 0 Å². The summed E-state index contributed by atoms with van der Waals surface area (Å²) >= 11 is 0. The number of sulfonamides is 1. The van der Waals surface area contributed by atoms with Crippen LogP contribution in [0.4, 0.5) is 24.5 Å². The smallest absolute Gasteiger partial charge is 0.416 e. The van der Waals surface area contributed by atoms with Gasteiger partial charge in [-0.2, -0.15) is 13.2 Å². The zero-order chi connectivity index (χ0) is 23.4. The number of benzene rings is 2. The molecule has 0 spiro atoms. The lowest BCUT2D eigenvalue weighted by atomic mass is 10.1. The molecule has 31 heavy (non-hydrogen) atoms. The van der Waals surface area contributed by atoms with Crippen LogP contribution < -0.4 is 9.62 Å². The van der Waals surface area contributed by atoms with E-state index < -0.39 is 40.2 Å². The molecule has 0 radical (unpaired) electrons. The number of hydrogen-bond acceptors (Lipinski definition) is 5. The van der Waals surface area contributed by atoms with Gasteiger partial charge in [-0.25, -0.2) is 13.2 Å². The van der Waals surface area contributed by atoms with Crippen molar-refractivity contribution in [3.63, 3.8) is 0 Å². The molecule has 7 nitrogen and oxygen atoms in total. The number of esters is 1. The first-order valence-corrected chi connectivity index (χ1v) is 10.9. The lowest BCUT2D eigenvalue weighted by Crippen LogP contribution is -2.37. The largest absolute Gasteiger partial charge is 0.462 e. The van der Waals surface area contributed by atoms with Crippen molar-refractivity contribution in [1.82, 2.24) is 0 Å². The second-order valence-electron chi connectivity index (χ2n) is 6.62. The highest BCUT2D eigenvalue weighted by molar-refractivity contribution is 7.92. The summed E-state index contributed by atoms with van der Waals surface area (Å²) in [7, 11) is -4.06. The van der Waals surface area contributed by atoms with Gasteiger partial charge in [-0.3, -0.25) is 9.10 Å². The predicted octanol–water partition coefficient (Wildman–Crippen LogP) is 3.60. The summed E-state index contributed by atoms with van der Waals surface area (Å²) in [5.41, 5.74) is -0.218. The van der Waals surface area contributed by atoms with Crippen LogP contribution in [-0.4, -0.2) is 39.7 Å². The van der Waals surface area contributed by atoms with Gasteiger partial charge in [0.2, 0.25) is 15.9 Å². The molecular formula is C20H21F3N2O5S. The monoisotopic (exact) mass is 458 g/mol. The van der Waals surface area contributed by atoms with Gasteiger partial charge in [0.15, 0.2) is 0 Å². The maximum Gasteiger partial charge on any atom is 0.416 e. The minimum absolute atomic E-state index is 0.202. The number of anilines is 2. The topological polar surface area (TPSA) is 92.8 Å². The van der Waals surface area contributed by atoms with Gasteiger partial charge in [-0.05, 0) is 55.8 Å². The van der Waals surface area contributed by atoms with Gasteiger partial charge in [0.25, 0.3) is 0 Å². The van der Waals surface area contributed by atoms with Gasteiger partial charge in [-0.15, -0.1) is 0 Å². The molecule has 0 aliphatic rings. The average Bonchev–Trinajstić information content (AvgIpc) is 2.66. The van der Waals surface area contributed by atoms with E-state index in [0.29, 0.717) is 21.6 Å². The van der Waals surface area contributed by atoms with E-state index in [2.05, 4.69) is 5.32 Å². The number of carbonyl (C=O) groups excluding carboxylic acids is 2. The lowest BCUT2D eigenvalue weighted by molar-refractivity contribution is -0.137. The van der Waals surface area contributed by atoms with Gasteiger partial charge in [0.05, 0.1) is 29.7 Å². The molecule has 0 unspecified atom stereocenters. The van der Waals surface area contributed by atoms with Crippen LogP contribution in [0.1, 0.15) is 28.4 Å². The average molecular weight is 458 g/mol. The summed E-state index contributed by atoms with van der Waals surface area (Å²) < 4.78 is 68.7. The first kappa shape index (κ1) is 24.2. The van der Waals surface area contributed by atoms with E-state index >= 15 is 0 Å². The number of alkyl halides is 3. The molecule has 0 atom stereocenters. The van der Waals surface area contributed by atoms with Crippen LogP contribution in [0.15, 0.2) is 42.5 Å². The van der Waals surface area contributed by atoms with E-state index in [1.54, 1.807) is 13.8 Å². The molecule has 0 aliphatic heterocycles. The van der Waals surface area contributed by atoms with Crippen LogP contribution in [0.5, 0.6) is 0 Å². The van der Waals surface area contributed by atoms with Crippen molar-refractivity contribution >= 4 is 33.3 Å². The fourth-order valence-electron chi connectivity index (χ4n) is 2.70. The second-order valence-corrected chi connectivity index (χ2v) is 8.52. The number of hydrogen-bond donors (Lipinski definition) is 1. The summed E-state index contributed by atoms with van der Waals surface area (Å²) in [5.74, 6) is -1.30. The quantitative estimate of drug-likeness (QED) is 0.640. The first-order chi connectivity index (χ1) is 14.3. The summed E-state index contributed by atoms with van der Waals surface area (Å²) in [4.78, 5) is 24.2. The van der Waals surface area contributed by atoms with Crippen molar-refractivity contribution in [2.24, 2.45) is 0 Å². The van der Waals surface area contributed by atoms with Gasteiger partial charge < -0.3 is 10.1 Å². The number of nitrogens with zero attached hydrogens (tertiary/aromatic N) is 1. The molecular weight excluding hydrogens is 437 g/mol. The van der Waals surface area contributed by atoms with Crippen LogP contribution >= 0.6 is 0 Å². The Morgan fingerprint density at radius 3 is 2.35 bits per heavy atom. The van der Waals surface area contributed by atoms with Gasteiger partial charge >= 0.3 is 12.1 Å². The summed E-state index contributed by atoms with van der Waals surface area (Å²) in [6.07, 6.45) is -3.88. The van der Waals surface area contributed by atoms with Gasteiger partial charge in [0, 0.05) is 5.69 Å². The molecule has 11 heteroatoms.